The first-order valence-electron chi connectivity index (χ1n) is 4.22. The van der Waals surface area contributed by atoms with Gasteiger partial charge in [-0.15, -0.1) is 0 Å². The van der Waals surface area contributed by atoms with Crippen LogP contribution in [0.15, 0.2) is 24.3 Å². The van der Waals surface area contributed by atoms with E-state index in [1.807, 2.05) is 18.2 Å². The lowest BCUT2D eigenvalue weighted by molar-refractivity contribution is 0.180. The molecular formula is C11H12O. The van der Waals surface area contributed by atoms with Crippen LogP contribution in [0.1, 0.15) is 29.2 Å². The molecule has 0 bridgehead atoms. The number of fused-ring (bicyclic) bond motifs is 1. The predicted molar refractivity (Wildman–Crippen MR) is 49.8 cm³/mol. The molecule has 1 heteroatoms. The molecule has 0 aliphatic heterocycles. The zero-order valence-corrected chi connectivity index (χ0v) is 7.12. The van der Waals surface area contributed by atoms with Crippen molar-refractivity contribution < 1.29 is 5.11 Å². The topological polar surface area (TPSA) is 20.2 Å². The summed E-state index contributed by atoms with van der Waals surface area (Å²) in [7, 11) is 0. The fourth-order valence-corrected chi connectivity index (χ4v) is 1.59. The summed E-state index contributed by atoms with van der Waals surface area (Å²) in [6, 6.07) is 6.16. The van der Waals surface area contributed by atoms with Crippen molar-refractivity contribution in [2.75, 3.05) is 0 Å². The number of hydrogen-bond donors (Lipinski definition) is 1. The molecule has 1 N–H and O–H groups in total. The van der Waals surface area contributed by atoms with Crippen LogP contribution in [0, 0.1) is 6.92 Å². The van der Waals surface area contributed by atoms with Gasteiger partial charge in [0.25, 0.3) is 0 Å². The number of aliphatic hydroxyl groups excluding tert-OH is 1. The van der Waals surface area contributed by atoms with Crippen LogP contribution in [-0.2, 0) is 0 Å². The Morgan fingerprint density at radius 2 is 2.25 bits per heavy atom. The van der Waals surface area contributed by atoms with Crippen LogP contribution in [0.25, 0.3) is 6.08 Å². The van der Waals surface area contributed by atoms with Gasteiger partial charge in [0.15, 0.2) is 0 Å². The Bertz CT molecular complexity index is 326. The fraction of sp³-hybridized carbons (Fsp3) is 0.273. The molecular weight excluding hydrogens is 148 g/mol. The molecule has 1 nitrogen and oxygen atoms in total. The molecule has 2 rings (SSSR count). The molecule has 1 aromatic carbocycles. The molecule has 0 aromatic heterocycles. The summed E-state index contributed by atoms with van der Waals surface area (Å²) >= 11 is 0. The van der Waals surface area contributed by atoms with Gasteiger partial charge in [0.05, 0.1) is 6.10 Å². The van der Waals surface area contributed by atoms with Crippen molar-refractivity contribution in [3.8, 4) is 0 Å². The van der Waals surface area contributed by atoms with E-state index < -0.39 is 0 Å². The molecule has 62 valence electrons. The lowest BCUT2D eigenvalue weighted by Gasteiger charge is -2.16. The smallest absolute Gasteiger partial charge is 0.0830 e. The van der Waals surface area contributed by atoms with E-state index >= 15 is 0 Å². The highest BCUT2D eigenvalue weighted by Crippen LogP contribution is 2.27. The monoisotopic (exact) mass is 160 g/mol. The summed E-state index contributed by atoms with van der Waals surface area (Å²) in [4.78, 5) is 0. The number of aryl methyl sites for hydroxylation is 1. The maximum absolute atomic E-state index is 9.60. The summed E-state index contributed by atoms with van der Waals surface area (Å²) in [5, 5.41) is 9.60. The van der Waals surface area contributed by atoms with E-state index in [9.17, 15) is 5.11 Å². The average Bonchev–Trinajstić information content (AvgIpc) is 2.04. The Kier molecular flexibility index (Phi) is 1.74. The Balaban J connectivity index is 2.55. The van der Waals surface area contributed by atoms with Crippen LogP contribution in [0.4, 0.5) is 0 Å². The van der Waals surface area contributed by atoms with E-state index in [0.29, 0.717) is 0 Å². The van der Waals surface area contributed by atoms with Gasteiger partial charge < -0.3 is 5.11 Å². The van der Waals surface area contributed by atoms with Gasteiger partial charge in [0.2, 0.25) is 0 Å². The van der Waals surface area contributed by atoms with E-state index in [1.165, 1.54) is 5.56 Å². The molecule has 0 heterocycles. The second-order valence-electron chi connectivity index (χ2n) is 3.29. The van der Waals surface area contributed by atoms with Gasteiger partial charge in [-0.05, 0) is 24.5 Å². The Labute approximate surface area is 72.4 Å². The van der Waals surface area contributed by atoms with E-state index in [1.54, 1.807) is 0 Å². The van der Waals surface area contributed by atoms with Gasteiger partial charge in [0.1, 0.15) is 0 Å². The first kappa shape index (κ1) is 7.56. The zero-order chi connectivity index (χ0) is 8.55. The molecule has 0 saturated heterocycles. The highest BCUT2D eigenvalue weighted by molar-refractivity contribution is 5.58. The van der Waals surface area contributed by atoms with Crippen LogP contribution in [0.2, 0.25) is 0 Å². The second-order valence-corrected chi connectivity index (χ2v) is 3.29. The summed E-state index contributed by atoms with van der Waals surface area (Å²) in [6.45, 7) is 2.06. The summed E-state index contributed by atoms with van der Waals surface area (Å²) in [6.07, 6.45) is 4.54. The van der Waals surface area contributed by atoms with Gasteiger partial charge in [-0.1, -0.05) is 35.9 Å². The van der Waals surface area contributed by atoms with Crippen molar-refractivity contribution >= 4 is 6.08 Å². The van der Waals surface area contributed by atoms with Gasteiger partial charge in [-0.2, -0.15) is 0 Å². The van der Waals surface area contributed by atoms with E-state index in [0.717, 1.165) is 17.5 Å². The van der Waals surface area contributed by atoms with Crippen molar-refractivity contribution in [2.45, 2.75) is 19.4 Å². The van der Waals surface area contributed by atoms with Crippen LogP contribution in [0.3, 0.4) is 0 Å². The minimum Gasteiger partial charge on any atom is -0.388 e. The molecule has 0 saturated carbocycles. The van der Waals surface area contributed by atoms with Crippen molar-refractivity contribution in [3.63, 3.8) is 0 Å². The molecule has 0 fully saturated rings. The molecule has 0 unspecified atom stereocenters. The summed E-state index contributed by atoms with van der Waals surface area (Å²) in [5.74, 6) is 0. The maximum atomic E-state index is 9.60. The molecule has 12 heavy (non-hydrogen) atoms. The normalized spacial score (nSPS) is 20.7. The van der Waals surface area contributed by atoms with E-state index in [2.05, 4.69) is 19.1 Å². The SMILES string of the molecule is Cc1ccc2c(c1)C=CC[C@H]2O. The lowest BCUT2D eigenvalue weighted by Crippen LogP contribution is -2.02. The van der Waals surface area contributed by atoms with Crippen molar-refractivity contribution in [2.24, 2.45) is 0 Å². The van der Waals surface area contributed by atoms with Crippen molar-refractivity contribution in [1.82, 2.24) is 0 Å². The standard InChI is InChI=1S/C11H12O/c1-8-5-6-10-9(7-8)3-2-4-11(10)12/h2-3,5-7,11-12H,4H2,1H3/t11-/m1/s1. The highest BCUT2D eigenvalue weighted by atomic mass is 16.3. The second kappa shape index (κ2) is 2.76. The predicted octanol–water partition coefficient (Wildman–Crippen LogP) is 2.45. The molecule has 0 amide bonds. The first-order valence-corrected chi connectivity index (χ1v) is 4.22. The van der Waals surface area contributed by atoms with Crippen LogP contribution in [0.5, 0.6) is 0 Å². The summed E-state index contributed by atoms with van der Waals surface area (Å²) < 4.78 is 0. The number of aliphatic hydroxyl groups is 1. The number of benzene rings is 1. The molecule has 0 radical (unpaired) electrons. The van der Waals surface area contributed by atoms with E-state index in [4.69, 9.17) is 0 Å². The Hall–Kier alpha value is -1.08. The highest BCUT2D eigenvalue weighted by Gasteiger charge is 2.12. The van der Waals surface area contributed by atoms with Crippen molar-refractivity contribution in [1.29, 1.82) is 0 Å². The zero-order valence-electron chi connectivity index (χ0n) is 7.12. The van der Waals surface area contributed by atoms with Crippen LogP contribution in [-0.4, -0.2) is 5.11 Å². The third-order valence-electron chi connectivity index (χ3n) is 2.26. The third-order valence-corrected chi connectivity index (χ3v) is 2.26. The first-order chi connectivity index (χ1) is 5.77. The minimum atomic E-state index is -0.300. The van der Waals surface area contributed by atoms with Crippen LogP contribution >= 0.6 is 0 Å². The maximum Gasteiger partial charge on any atom is 0.0830 e. The molecule has 1 aliphatic rings. The summed E-state index contributed by atoms with van der Waals surface area (Å²) in [5.41, 5.74) is 3.46. The van der Waals surface area contributed by atoms with Crippen LogP contribution < -0.4 is 0 Å². The third kappa shape index (κ3) is 1.16. The van der Waals surface area contributed by atoms with Crippen molar-refractivity contribution in [3.05, 3.63) is 41.0 Å². The minimum absolute atomic E-state index is 0.300. The number of hydrogen-bond acceptors (Lipinski definition) is 1. The molecule has 0 spiro atoms. The van der Waals surface area contributed by atoms with Gasteiger partial charge in [-0.3, -0.25) is 0 Å². The Morgan fingerprint density at radius 3 is 3.08 bits per heavy atom. The largest absolute Gasteiger partial charge is 0.388 e. The molecule has 1 atom stereocenters. The fourth-order valence-electron chi connectivity index (χ4n) is 1.59. The molecule has 1 aliphatic carbocycles. The molecule has 1 aromatic rings. The lowest BCUT2D eigenvalue weighted by atomic mass is 9.94. The van der Waals surface area contributed by atoms with Gasteiger partial charge in [-0.25, -0.2) is 0 Å². The Morgan fingerprint density at radius 1 is 1.42 bits per heavy atom. The number of rotatable bonds is 0. The quantitative estimate of drug-likeness (QED) is 0.618. The average molecular weight is 160 g/mol. The van der Waals surface area contributed by atoms with Gasteiger partial charge in [0, 0.05) is 0 Å². The van der Waals surface area contributed by atoms with Gasteiger partial charge >= 0.3 is 0 Å². The van der Waals surface area contributed by atoms with E-state index in [-0.39, 0.29) is 6.10 Å².